The number of carbonyl (C=O) groups excluding carboxylic acids is 1. The van der Waals surface area contributed by atoms with Gasteiger partial charge in [0, 0.05) is 0 Å². The third kappa shape index (κ3) is 6.13. The van der Waals surface area contributed by atoms with Crippen LogP contribution >= 0.6 is 0 Å². The van der Waals surface area contributed by atoms with E-state index in [0.717, 1.165) is 5.56 Å². The molecular formula is C18H17FN2O2. The van der Waals surface area contributed by atoms with Gasteiger partial charge in [0.2, 0.25) is 0 Å². The molecular weight excluding hydrogens is 295 g/mol. The minimum Gasteiger partial charge on any atom is -0.484 e. The first-order chi connectivity index (χ1) is 11.1. The number of nitrogens with one attached hydrogen (secondary N) is 1. The molecule has 1 N–H and O–H groups in total. The van der Waals surface area contributed by atoms with Crippen LogP contribution in [0.15, 0.2) is 65.8 Å². The molecule has 5 heteroatoms. The maximum absolute atomic E-state index is 12.7. The maximum Gasteiger partial charge on any atom is 0.277 e. The molecule has 0 bridgehead atoms. The summed E-state index contributed by atoms with van der Waals surface area (Å²) in [5, 5.41) is 3.96. The predicted molar refractivity (Wildman–Crippen MR) is 88.6 cm³/mol. The van der Waals surface area contributed by atoms with Crippen molar-refractivity contribution >= 4 is 17.7 Å². The average molecular weight is 312 g/mol. The highest BCUT2D eigenvalue weighted by atomic mass is 19.1. The summed E-state index contributed by atoms with van der Waals surface area (Å²) in [6.07, 6.45) is 3.70. The van der Waals surface area contributed by atoms with E-state index < -0.39 is 0 Å². The number of benzene rings is 2. The van der Waals surface area contributed by atoms with Crippen molar-refractivity contribution in [3.8, 4) is 5.75 Å². The molecule has 0 spiro atoms. The summed E-state index contributed by atoms with van der Waals surface area (Å²) in [6, 6.07) is 15.2. The molecule has 0 radical (unpaired) electrons. The van der Waals surface area contributed by atoms with Crippen LogP contribution in [0.3, 0.4) is 0 Å². The molecule has 0 fully saturated rings. The number of hydrogen-bond donors (Lipinski definition) is 1. The van der Waals surface area contributed by atoms with Gasteiger partial charge in [0.15, 0.2) is 6.61 Å². The number of ether oxygens (including phenoxy) is 1. The monoisotopic (exact) mass is 312 g/mol. The Morgan fingerprint density at radius 3 is 2.57 bits per heavy atom. The van der Waals surface area contributed by atoms with Gasteiger partial charge in [-0.25, -0.2) is 9.82 Å². The SMILES string of the molecule is CC(/C=C/c1ccccc1)=N\NC(=O)COc1ccc(F)cc1. The lowest BCUT2D eigenvalue weighted by Gasteiger charge is -2.04. The Morgan fingerprint density at radius 1 is 1.17 bits per heavy atom. The van der Waals surface area contributed by atoms with Crippen LogP contribution in [-0.2, 0) is 4.79 Å². The smallest absolute Gasteiger partial charge is 0.277 e. The third-order valence-corrected chi connectivity index (χ3v) is 2.86. The molecule has 118 valence electrons. The maximum atomic E-state index is 12.7. The van der Waals surface area contributed by atoms with E-state index in [1.165, 1.54) is 24.3 Å². The zero-order valence-electron chi connectivity index (χ0n) is 12.7. The van der Waals surface area contributed by atoms with Crippen LogP contribution in [0.1, 0.15) is 12.5 Å². The molecule has 0 saturated carbocycles. The van der Waals surface area contributed by atoms with Crippen molar-refractivity contribution in [1.29, 1.82) is 0 Å². The predicted octanol–water partition coefficient (Wildman–Crippen LogP) is 3.41. The second-order valence-electron chi connectivity index (χ2n) is 4.77. The van der Waals surface area contributed by atoms with E-state index in [1.807, 2.05) is 36.4 Å². The number of carbonyl (C=O) groups is 1. The first-order valence-corrected chi connectivity index (χ1v) is 7.08. The van der Waals surface area contributed by atoms with E-state index in [4.69, 9.17) is 4.74 Å². The fourth-order valence-corrected chi connectivity index (χ4v) is 1.68. The summed E-state index contributed by atoms with van der Waals surface area (Å²) in [4.78, 5) is 11.6. The Morgan fingerprint density at radius 2 is 1.87 bits per heavy atom. The summed E-state index contributed by atoms with van der Waals surface area (Å²) in [7, 11) is 0. The van der Waals surface area contributed by atoms with Gasteiger partial charge in [-0.05, 0) is 42.8 Å². The van der Waals surface area contributed by atoms with Crippen molar-refractivity contribution in [2.45, 2.75) is 6.92 Å². The van der Waals surface area contributed by atoms with Crippen molar-refractivity contribution < 1.29 is 13.9 Å². The van der Waals surface area contributed by atoms with Gasteiger partial charge in [0.1, 0.15) is 11.6 Å². The first-order valence-electron chi connectivity index (χ1n) is 7.08. The molecule has 0 saturated heterocycles. The molecule has 0 aliphatic carbocycles. The average Bonchev–Trinajstić information content (AvgIpc) is 2.58. The lowest BCUT2D eigenvalue weighted by atomic mass is 10.2. The number of halogens is 1. The molecule has 0 unspecified atom stereocenters. The molecule has 0 heterocycles. The van der Waals surface area contributed by atoms with Crippen LogP contribution in [0.2, 0.25) is 0 Å². The van der Waals surface area contributed by atoms with Crippen LogP contribution in [-0.4, -0.2) is 18.2 Å². The number of rotatable bonds is 6. The van der Waals surface area contributed by atoms with E-state index in [9.17, 15) is 9.18 Å². The van der Waals surface area contributed by atoms with E-state index in [0.29, 0.717) is 11.5 Å². The van der Waals surface area contributed by atoms with Crippen molar-refractivity contribution in [3.05, 3.63) is 72.1 Å². The fourth-order valence-electron chi connectivity index (χ4n) is 1.68. The Kier molecular flexibility index (Phi) is 6.06. The molecule has 2 rings (SSSR count). The summed E-state index contributed by atoms with van der Waals surface area (Å²) in [5.74, 6) is -0.319. The van der Waals surface area contributed by atoms with Gasteiger partial charge in [0.25, 0.3) is 5.91 Å². The summed E-state index contributed by atoms with van der Waals surface area (Å²) < 4.78 is 17.9. The Labute approximate surface area is 134 Å². The minimum atomic E-state index is -0.387. The lowest BCUT2D eigenvalue weighted by molar-refractivity contribution is -0.123. The van der Waals surface area contributed by atoms with E-state index in [-0.39, 0.29) is 18.3 Å². The zero-order chi connectivity index (χ0) is 16.5. The van der Waals surface area contributed by atoms with Gasteiger partial charge in [-0.3, -0.25) is 4.79 Å². The highest BCUT2D eigenvalue weighted by Crippen LogP contribution is 2.10. The quantitative estimate of drug-likeness (QED) is 0.656. The fraction of sp³-hybridized carbons (Fsp3) is 0.111. The molecule has 1 amide bonds. The normalized spacial score (nSPS) is 11.5. The largest absolute Gasteiger partial charge is 0.484 e. The van der Waals surface area contributed by atoms with E-state index >= 15 is 0 Å². The van der Waals surface area contributed by atoms with Gasteiger partial charge in [-0.2, -0.15) is 5.10 Å². The van der Waals surface area contributed by atoms with Crippen molar-refractivity contribution in [2.24, 2.45) is 5.10 Å². The molecule has 0 aliphatic rings. The highest BCUT2D eigenvalue weighted by molar-refractivity contribution is 5.97. The van der Waals surface area contributed by atoms with Crippen molar-refractivity contribution in [3.63, 3.8) is 0 Å². The zero-order valence-corrected chi connectivity index (χ0v) is 12.7. The van der Waals surface area contributed by atoms with Crippen LogP contribution in [0, 0.1) is 5.82 Å². The van der Waals surface area contributed by atoms with Gasteiger partial charge in [-0.15, -0.1) is 0 Å². The molecule has 0 atom stereocenters. The first kappa shape index (κ1) is 16.4. The molecule has 0 aromatic heterocycles. The number of hydrazone groups is 1. The van der Waals surface area contributed by atoms with Gasteiger partial charge in [0.05, 0.1) is 5.71 Å². The third-order valence-electron chi connectivity index (χ3n) is 2.86. The van der Waals surface area contributed by atoms with Crippen LogP contribution in [0.25, 0.3) is 6.08 Å². The molecule has 23 heavy (non-hydrogen) atoms. The summed E-state index contributed by atoms with van der Waals surface area (Å²) in [5.41, 5.74) is 4.10. The van der Waals surface area contributed by atoms with Crippen LogP contribution in [0.5, 0.6) is 5.75 Å². The Hall–Kier alpha value is -2.95. The number of amides is 1. The Balaban J connectivity index is 1.78. The van der Waals surface area contributed by atoms with Crippen LogP contribution in [0.4, 0.5) is 4.39 Å². The second kappa shape index (κ2) is 8.48. The van der Waals surface area contributed by atoms with E-state index in [1.54, 1.807) is 13.0 Å². The molecule has 2 aromatic carbocycles. The van der Waals surface area contributed by atoms with Gasteiger partial charge < -0.3 is 4.74 Å². The van der Waals surface area contributed by atoms with Crippen molar-refractivity contribution in [1.82, 2.24) is 5.43 Å². The minimum absolute atomic E-state index is 0.190. The number of hydrogen-bond acceptors (Lipinski definition) is 3. The lowest BCUT2D eigenvalue weighted by Crippen LogP contribution is -2.25. The Bertz CT molecular complexity index is 695. The molecule has 0 aliphatic heterocycles. The standard InChI is InChI=1S/C18H17FN2O2/c1-14(7-8-15-5-3-2-4-6-15)20-21-18(22)13-23-17-11-9-16(19)10-12-17/h2-12H,13H2,1H3,(H,21,22)/b8-7+,20-14+. The summed E-state index contributed by atoms with van der Waals surface area (Å²) >= 11 is 0. The molecule has 4 nitrogen and oxygen atoms in total. The number of allylic oxidation sites excluding steroid dienone is 1. The highest BCUT2D eigenvalue weighted by Gasteiger charge is 2.01. The van der Waals surface area contributed by atoms with Gasteiger partial charge >= 0.3 is 0 Å². The van der Waals surface area contributed by atoms with Crippen LogP contribution < -0.4 is 10.2 Å². The van der Waals surface area contributed by atoms with Crippen molar-refractivity contribution in [2.75, 3.05) is 6.61 Å². The number of nitrogens with zero attached hydrogens (tertiary/aromatic N) is 1. The topological polar surface area (TPSA) is 50.7 Å². The van der Waals surface area contributed by atoms with Gasteiger partial charge in [-0.1, -0.05) is 36.4 Å². The van der Waals surface area contributed by atoms with E-state index in [2.05, 4.69) is 10.5 Å². The molecule has 2 aromatic rings. The second-order valence-corrected chi connectivity index (χ2v) is 4.77. The summed E-state index contributed by atoms with van der Waals surface area (Å²) in [6.45, 7) is 1.59.